The van der Waals surface area contributed by atoms with E-state index in [1.165, 1.54) is 4.90 Å². The van der Waals surface area contributed by atoms with E-state index in [0.29, 0.717) is 0 Å². The molecule has 0 spiro atoms. The zero-order valence-corrected chi connectivity index (χ0v) is 17.4. The molecule has 8 heteroatoms. The van der Waals surface area contributed by atoms with Gasteiger partial charge in [0.15, 0.2) is 0 Å². The zero-order chi connectivity index (χ0) is 21.5. The van der Waals surface area contributed by atoms with E-state index in [9.17, 15) is 9.59 Å². The summed E-state index contributed by atoms with van der Waals surface area (Å²) in [5, 5.41) is 3.76. The minimum Gasteiger partial charge on any atom is -0.459 e. The van der Waals surface area contributed by atoms with E-state index >= 15 is 0 Å². The summed E-state index contributed by atoms with van der Waals surface area (Å²) in [6, 6.07) is 8.77. The van der Waals surface area contributed by atoms with Crippen LogP contribution >= 0.6 is 0 Å². The van der Waals surface area contributed by atoms with Crippen LogP contribution in [0.5, 0.6) is 0 Å². The Bertz CT molecular complexity index is 797. The number of allylic oxidation sites excluding steroid dienone is 1. The SMILES string of the molecule is CC=CCC1(C(=O)OCc2ccccc2)C[C@@H](N=[N+]=[N-])CN1C(=O)OC(C)(C)C. The number of hydrogen-bond donors (Lipinski definition) is 0. The van der Waals surface area contributed by atoms with E-state index in [2.05, 4.69) is 10.0 Å². The predicted molar refractivity (Wildman–Crippen MR) is 109 cm³/mol. The second kappa shape index (κ2) is 9.47. The second-order valence-corrected chi connectivity index (χ2v) is 8.02. The van der Waals surface area contributed by atoms with Crippen LogP contribution in [-0.4, -0.2) is 40.7 Å². The molecule has 0 N–H and O–H groups in total. The van der Waals surface area contributed by atoms with Crippen LogP contribution in [0.3, 0.4) is 0 Å². The average Bonchev–Trinajstić information content (AvgIpc) is 3.04. The van der Waals surface area contributed by atoms with E-state index in [-0.39, 0.29) is 26.0 Å². The molecule has 2 rings (SSSR count). The third-order valence-electron chi connectivity index (χ3n) is 4.60. The molecule has 1 unspecified atom stereocenters. The number of carbonyl (C=O) groups excluding carboxylic acids is 2. The molecule has 2 atom stereocenters. The van der Waals surface area contributed by atoms with Gasteiger partial charge < -0.3 is 9.47 Å². The lowest BCUT2D eigenvalue weighted by molar-refractivity contribution is -0.157. The zero-order valence-electron chi connectivity index (χ0n) is 17.4. The quantitative estimate of drug-likeness (QED) is 0.226. The first-order valence-corrected chi connectivity index (χ1v) is 9.59. The number of esters is 1. The van der Waals surface area contributed by atoms with Gasteiger partial charge in [-0.05, 0) is 51.6 Å². The lowest BCUT2D eigenvalue weighted by atomic mass is 9.90. The first kappa shape index (κ1) is 22.3. The van der Waals surface area contributed by atoms with Crippen LogP contribution in [0.25, 0.3) is 10.4 Å². The van der Waals surface area contributed by atoms with Crippen LogP contribution < -0.4 is 0 Å². The summed E-state index contributed by atoms with van der Waals surface area (Å²) >= 11 is 0. The van der Waals surface area contributed by atoms with Crippen molar-refractivity contribution in [3.63, 3.8) is 0 Å². The molecule has 1 fully saturated rings. The highest BCUT2D eigenvalue weighted by molar-refractivity contribution is 5.87. The summed E-state index contributed by atoms with van der Waals surface area (Å²) in [6.07, 6.45) is 3.40. The Hall–Kier alpha value is -2.99. The summed E-state index contributed by atoms with van der Waals surface area (Å²) < 4.78 is 11.1. The van der Waals surface area contributed by atoms with Gasteiger partial charge in [0.1, 0.15) is 17.7 Å². The maximum Gasteiger partial charge on any atom is 0.411 e. The van der Waals surface area contributed by atoms with Gasteiger partial charge >= 0.3 is 12.1 Å². The number of carbonyl (C=O) groups is 2. The standard InChI is InChI=1S/C21H28N4O4/c1-5-6-12-21(18(26)28-15-16-10-8-7-9-11-16)13-17(23-24-22)14-25(21)19(27)29-20(2,3)4/h5-11,17H,12-15H2,1-4H3/t17-,21?/m1/s1. The fourth-order valence-electron chi connectivity index (χ4n) is 3.31. The molecule has 0 aliphatic carbocycles. The third kappa shape index (κ3) is 5.74. The predicted octanol–water partition coefficient (Wildman–Crippen LogP) is 4.75. The Labute approximate surface area is 171 Å². The molecule has 0 radical (unpaired) electrons. The Balaban J connectivity index is 2.34. The Morgan fingerprint density at radius 3 is 2.62 bits per heavy atom. The van der Waals surface area contributed by atoms with Gasteiger partial charge in [0, 0.05) is 11.5 Å². The minimum absolute atomic E-state index is 0.0889. The molecule has 156 valence electrons. The van der Waals surface area contributed by atoms with Crippen LogP contribution in [0.15, 0.2) is 47.6 Å². The molecule has 1 aromatic rings. The monoisotopic (exact) mass is 400 g/mol. The molecular weight excluding hydrogens is 372 g/mol. The van der Waals surface area contributed by atoms with Crippen molar-refractivity contribution < 1.29 is 19.1 Å². The molecule has 1 heterocycles. The van der Waals surface area contributed by atoms with Crippen LogP contribution in [-0.2, 0) is 20.9 Å². The topological polar surface area (TPSA) is 105 Å². The van der Waals surface area contributed by atoms with E-state index in [0.717, 1.165) is 5.56 Å². The second-order valence-electron chi connectivity index (χ2n) is 8.02. The van der Waals surface area contributed by atoms with Crippen LogP contribution in [0.2, 0.25) is 0 Å². The summed E-state index contributed by atoms with van der Waals surface area (Å²) in [7, 11) is 0. The van der Waals surface area contributed by atoms with Crippen molar-refractivity contribution in [3.05, 3.63) is 58.5 Å². The Morgan fingerprint density at radius 1 is 1.34 bits per heavy atom. The largest absolute Gasteiger partial charge is 0.459 e. The van der Waals surface area contributed by atoms with Gasteiger partial charge in [-0.25, -0.2) is 9.59 Å². The molecule has 8 nitrogen and oxygen atoms in total. The molecule has 1 aromatic carbocycles. The summed E-state index contributed by atoms with van der Waals surface area (Å²) in [5.74, 6) is -0.541. The lowest BCUT2D eigenvalue weighted by Crippen LogP contribution is -2.54. The van der Waals surface area contributed by atoms with Gasteiger partial charge in [-0.3, -0.25) is 4.90 Å². The smallest absolute Gasteiger partial charge is 0.411 e. The van der Waals surface area contributed by atoms with Crippen LogP contribution in [0.1, 0.15) is 46.1 Å². The normalized spacial score (nSPS) is 21.7. The fourth-order valence-corrected chi connectivity index (χ4v) is 3.31. The molecule has 29 heavy (non-hydrogen) atoms. The molecule has 0 bridgehead atoms. The summed E-state index contributed by atoms with van der Waals surface area (Å²) in [6.45, 7) is 7.29. The highest BCUT2D eigenvalue weighted by atomic mass is 16.6. The molecule has 1 saturated heterocycles. The number of nitrogens with zero attached hydrogens (tertiary/aromatic N) is 4. The number of hydrogen-bond acceptors (Lipinski definition) is 5. The summed E-state index contributed by atoms with van der Waals surface area (Å²) in [5.41, 5.74) is 7.69. The first-order valence-electron chi connectivity index (χ1n) is 9.59. The van der Waals surface area contributed by atoms with Crippen molar-refractivity contribution in [1.82, 2.24) is 4.90 Å². The molecule has 1 aliphatic rings. The van der Waals surface area contributed by atoms with Crippen LogP contribution in [0, 0.1) is 0 Å². The van der Waals surface area contributed by atoms with Crippen molar-refractivity contribution in [2.24, 2.45) is 5.11 Å². The number of rotatable bonds is 6. The van der Waals surface area contributed by atoms with Crippen molar-refractivity contribution in [2.45, 2.75) is 64.3 Å². The van der Waals surface area contributed by atoms with E-state index < -0.39 is 29.2 Å². The number of amides is 1. The van der Waals surface area contributed by atoms with Crippen molar-refractivity contribution in [3.8, 4) is 0 Å². The molecule has 1 aliphatic heterocycles. The molecule has 0 saturated carbocycles. The summed E-state index contributed by atoms with van der Waals surface area (Å²) in [4.78, 5) is 30.4. The lowest BCUT2D eigenvalue weighted by Gasteiger charge is -2.36. The van der Waals surface area contributed by atoms with Crippen molar-refractivity contribution >= 4 is 12.1 Å². The first-order chi connectivity index (χ1) is 13.7. The van der Waals surface area contributed by atoms with E-state index in [4.69, 9.17) is 15.0 Å². The molecule has 1 amide bonds. The average molecular weight is 400 g/mol. The van der Waals surface area contributed by atoms with Gasteiger partial charge in [-0.2, -0.15) is 0 Å². The number of likely N-dealkylation sites (tertiary alicyclic amines) is 1. The van der Waals surface area contributed by atoms with Crippen molar-refractivity contribution in [1.29, 1.82) is 0 Å². The fraction of sp³-hybridized carbons (Fsp3) is 0.524. The highest BCUT2D eigenvalue weighted by Crippen LogP contribution is 2.37. The Morgan fingerprint density at radius 2 is 2.03 bits per heavy atom. The third-order valence-corrected chi connectivity index (χ3v) is 4.60. The van der Waals surface area contributed by atoms with Gasteiger partial charge in [0.2, 0.25) is 0 Å². The molecular formula is C21H28N4O4. The molecule has 0 aromatic heterocycles. The number of ether oxygens (including phenoxy) is 2. The van der Waals surface area contributed by atoms with Gasteiger partial charge in [0.25, 0.3) is 0 Å². The van der Waals surface area contributed by atoms with Gasteiger partial charge in [-0.15, -0.1) is 0 Å². The minimum atomic E-state index is -1.29. The highest BCUT2D eigenvalue weighted by Gasteiger charge is 2.54. The van der Waals surface area contributed by atoms with Crippen LogP contribution in [0.4, 0.5) is 4.79 Å². The van der Waals surface area contributed by atoms with Gasteiger partial charge in [-0.1, -0.05) is 47.6 Å². The van der Waals surface area contributed by atoms with E-state index in [1.807, 2.05) is 37.3 Å². The number of azide groups is 1. The van der Waals surface area contributed by atoms with E-state index in [1.54, 1.807) is 32.9 Å². The van der Waals surface area contributed by atoms with Gasteiger partial charge in [0.05, 0.1) is 6.04 Å². The van der Waals surface area contributed by atoms with Crippen molar-refractivity contribution in [2.75, 3.05) is 6.54 Å². The Kier molecular flexibility index (Phi) is 7.29. The maximum absolute atomic E-state index is 13.2. The number of benzene rings is 1. The maximum atomic E-state index is 13.2.